The normalized spacial score (nSPS) is 12.9. The fourth-order valence-electron chi connectivity index (χ4n) is 1.87. The fraction of sp³-hybridized carbons (Fsp3) is 0.308. The van der Waals surface area contributed by atoms with Crippen LogP contribution in [0.4, 0.5) is 0 Å². The number of benzene rings is 1. The van der Waals surface area contributed by atoms with Crippen LogP contribution in [0.25, 0.3) is 11.0 Å². The zero-order chi connectivity index (χ0) is 10.8. The van der Waals surface area contributed by atoms with E-state index in [1.54, 1.807) is 0 Å². The van der Waals surface area contributed by atoms with Crippen LogP contribution in [0.1, 0.15) is 30.6 Å². The Balaban J connectivity index is 2.54. The summed E-state index contributed by atoms with van der Waals surface area (Å²) >= 11 is 0. The van der Waals surface area contributed by atoms with Crippen molar-refractivity contribution in [3.8, 4) is 0 Å². The molecule has 0 aliphatic heterocycles. The van der Waals surface area contributed by atoms with Crippen molar-refractivity contribution in [3.05, 3.63) is 35.6 Å². The Labute approximate surface area is 88.9 Å². The largest absolute Gasteiger partial charge is 0.461 e. The summed E-state index contributed by atoms with van der Waals surface area (Å²) in [6, 6.07) is 8.09. The average molecular weight is 202 g/mol. The van der Waals surface area contributed by atoms with E-state index in [4.69, 9.17) is 4.42 Å². The number of carbonyl (C=O) groups is 1. The average Bonchev–Trinajstić information content (AvgIpc) is 2.57. The van der Waals surface area contributed by atoms with Crippen LogP contribution in [-0.4, -0.2) is 6.29 Å². The second kappa shape index (κ2) is 3.89. The summed E-state index contributed by atoms with van der Waals surface area (Å²) in [7, 11) is 0. The molecule has 1 heterocycles. The second-order valence-electron chi connectivity index (χ2n) is 3.93. The van der Waals surface area contributed by atoms with Gasteiger partial charge >= 0.3 is 0 Å². The van der Waals surface area contributed by atoms with Gasteiger partial charge in [0.05, 0.1) is 0 Å². The lowest BCUT2D eigenvalue weighted by Gasteiger charge is -2.07. The van der Waals surface area contributed by atoms with Gasteiger partial charge in [-0.15, -0.1) is 0 Å². The van der Waals surface area contributed by atoms with Crippen molar-refractivity contribution in [2.24, 2.45) is 0 Å². The summed E-state index contributed by atoms with van der Waals surface area (Å²) in [5, 5.41) is 1.11. The molecular weight excluding hydrogens is 188 g/mol. The molecule has 0 saturated heterocycles. The second-order valence-corrected chi connectivity index (χ2v) is 3.93. The van der Waals surface area contributed by atoms with Crippen molar-refractivity contribution in [1.29, 1.82) is 0 Å². The van der Waals surface area contributed by atoms with Crippen LogP contribution in [0.3, 0.4) is 0 Å². The molecule has 0 aliphatic carbocycles. The van der Waals surface area contributed by atoms with Gasteiger partial charge in [-0.3, -0.25) is 0 Å². The molecule has 0 bridgehead atoms. The lowest BCUT2D eigenvalue weighted by molar-refractivity contribution is -0.108. The number of hydrogen-bond donors (Lipinski definition) is 0. The Morgan fingerprint density at radius 1 is 1.47 bits per heavy atom. The smallest absolute Gasteiger partial charge is 0.137 e. The molecule has 0 radical (unpaired) electrons. The predicted molar refractivity (Wildman–Crippen MR) is 60.0 cm³/mol. The van der Waals surface area contributed by atoms with E-state index in [2.05, 4.69) is 0 Å². The van der Waals surface area contributed by atoms with Crippen molar-refractivity contribution < 1.29 is 9.21 Å². The molecule has 0 N–H and O–H groups in total. The molecule has 1 aromatic heterocycles. The van der Waals surface area contributed by atoms with Crippen LogP contribution in [0, 0.1) is 6.92 Å². The molecular formula is C13H14O2. The Kier molecular flexibility index (Phi) is 2.58. The van der Waals surface area contributed by atoms with Crippen LogP contribution in [0.15, 0.2) is 28.7 Å². The summed E-state index contributed by atoms with van der Waals surface area (Å²) in [6.07, 6.45) is 1.50. The SMILES string of the molecule is Cc1cc2cccc(C(C)CC=O)c2o1. The number of aldehydes is 1. The lowest BCUT2D eigenvalue weighted by atomic mass is 9.97. The number of para-hydroxylation sites is 1. The third-order valence-electron chi connectivity index (χ3n) is 2.68. The Morgan fingerprint density at radius 2 is 2.27 bits per heavy atom. The number of fused-ring (bicyclic) bond motifs is 1. The maximum Gasteiger partial charge on any atom is 0.137 e. The number of hydrogen-bond acceptors (Lipinski definition) is 2. The topological polar surface area (TPSA) is 30.2 Å². The first-order valence-corrected chi connectivity index (χ1v) is 5.15. The van der Waals surface area contributed by atoms with E-state index < -0.39 is 0 Å². The summed E-state index contributed by atoms with van der Waals surface area (Å²) in [4.78, 5) is 10.5. The highest BCUT2D eigenvalue weighted by Gasteiger charge is 2.11. The Morgan fingerprint density at radius 3 is 3.00 bits per heavy atom. The fourth-order valence-corrected chi connectivity index (χ4v) is 1.87. The van der Waals surface area contributed by atoms with Crippen molar-refractivity contribution in [3.63, 3.8) is 0 Å². The van der Waals surface area contributed by atoms with Crippen molar-refractivity contribution >= 4 is 17.3 Å². The first-order chi connectivity index (χ1) is 7.22. The van der Waals surface area contributed by atoms with Gasteiger partial charge in [0, 0.05) is 11.8 Å². The van der Waals surface area contributed by atoms with Crippen molar-refractivity contribution in [2.75, 3.05) is 0 Å². The van der Waals surface area contributed by atoms with Gasteiger partial charge in [0.15, 0.2) is 0 Å². The number of aryl methyl sites for hydroxylation is 1. The highest BCUT2D eigenvalue weighted by atomic mass is 16.3. The minimum Gasteiger partial charge on any atom is -0.461 e. The van der Waals surface area contributed by atoms with Gasteiger partial charge in [-0.25, -0.2) is 0 Å². The van der Waals surface area contributed by atoms with E-state index in [0.717, 1.165) is 28.6 Å². The molecule has 0 aliphatic rings. The van der Waals surface area contributed by atoms with Crippen LogP contribution < -0.4 is 0 Å². The zero-order valence-electron chi connectivity index (χ0n) is 8.99. The van der Waals surface area contributed by atoms with Gasteiger partial charge in [0.2, 0.25) is 0 Å². The maximum absolute atomic E-state index is 10.5. The van der Waals surface area contributed by atoms with Crippen LogP contribution >= 0.6 is 0 Å². The molecule has 15 heavy (non-hydrogen) atoms. The molecule has 2 nitrogen and oxygen atoms in total. The van der Waals surface area contributed by atoms with Gasteiger partial charge in [-0.05, 0) is 24.5 Å². The molecule has 1 unspecified atom stereocenters. The zero-order valence-corrected chi connectivity index (χ0v) is 8.99. The third kappa shape index (κ3) is 1.80. The quantitative estimate of drug-likeness (QED) is 0.714. The molecule has 0 fully saturated rings. The van der Waals surface area contributed by atoms with E-state index in [1.165, 1.54) is 0 Å². The molecule has 0 amide bonds. The Hall–Kier alpha value is -1.57. The van der Waals surface area contributed by atoms with E-state index in [9.17, 15) is 4.79 Å². The van der Waals surface area contributed by atoms with E-state index in [0.29, 0.717) is 6.42 Å². The highest BCUT2D eigenvalue weighted by Crippen LogP contribution is 2.29. The summed E-state index contributed by atoms with van der Waals surface area (Å²) < 4.78 is 5.65. The minimum atomic E-state index is 0.219. The van der Waals surface area contributed by atoms with Gasteiger partial charge in [0.25, 0.3) is 0 Å². The molecule has 2 aromatic rings. The lowest BCUT2D eigenvalue weighted by Crippen LogP contribution is -1.94. The first kappa shape index (κ1) is 9.97. The molecule has 0 spiro atoms. The standard InChI is InChI=1S/C13H14O2/c1-9(6-7-14)12-5-3-4-11-8-10(2)15-13(11)12/h3-5,7-9H,6H2,1-2H3. The van der Waals surface area contributed by atoms with E-state index in [-0.39, 0.29) is 5.92 Å². The van der Waals surface area contributed by atoms with Crippen molar-refractivity contribution in [1.82, 2.24) is 0 Å². The summed E-state index contributed by atoms with van der Waals surface area (Å²) in [5.41, 5.74) is 2.04. The van der Waals surface area contributed by atoms with Gasteiger partial charge in [-0.1, -0.05) is 25.1 Å². The molecule has 2 rings (SSSR count). The third-order valence-corrected chi connectivity index (χ3v) is 2.68. The van der Waals surface area contributed by atoms with Gasteiger partial charge in [0.1, 0.15) is 17.6 Å². The molecule has 2 heteroatoms. The first-order valence-electron chi connectivity index (χ1n) is 5.15. The number of rotatable bonds is 3. The van der Waals surface area contributed by atoms with E-state index in [1.807, 2.05) is 38.1 Å². The molecule has 1 atom stereocenters. The molecule has 78 valence electrons. The Bertz CT molecular complexity index is 482. The van der Waals surface area contributed by atoms with Crippen LogP contribution in [-0.2, 0) is 4.79 Å². The van der Waals surface area contributed by atoms with Gasteiger partial charge in [-0.2, -0.15) is 0 Å². The highest BCUT2D eigenvalue weighted by molar-refractivity contribution is 5.81. The molecule has 0 saturated carbocycles. The summed E-state index contributed by atoms with van der Waals surface area (Å²) in [6.45, 7) is 3.98. The van der Waals surface area contributed by atoms with Crippen LogP contribution in [0.2, 0.25) is 0 Å². The number of carbonyl (C=O) groups excluding carboxylic acids is 1. The van der Waals surface area contributed by atoms with Crippen molar-refractivity contribution in [2.45, 2.75) is 26.2 Å². The van der Waals surface area contributed by atoms with Gasteiger partial charge < -0.3 is 9.21 Å². The van der Waals surface area contributed by atoms with Crippen LogP contribution in [0.5, 0.6) is 0 Å². The summed E-state index contributed by atoms with van der Waals surface area (Å²) in [5.74, 6) is 1.13. The minimum absolute atomic E-state index is 0.219. The monoisotopic (exact) mass is 202 g/mol. The predicted octanol–water partition coefficient (Wildman–Crippen LogP) is 3.43. The maximum atomic E-state index is 10.5. The van der Waals surface area contributed by atoms with E-state index >= 15 is 0 Å². The number of furan rings is 1. The molecule has 1 aromatic carbocycles.